The molecule has 0 spiro atoms. The minimum Gasteiger partial charge on any atom is -0.496 e. The first kappa shape index (κ1) is 15.4. The number of methoxy groups -OCH3 is 1. The predicted octanol–water partition coefficient (Wildman–Crippen LogP) is 5.10. The molecule has 3 heteroatoms. The van der Waals surface area contributed by atoms with Gasteiger partial charge in [-0.2, -0.15) is 0 Å². The maximum absolute atomic E-state index is 5.70. The molecule has 2 unspecified atom stereocenters. The van der Waals surface area contributed by atoms with Crippen LogP contribution in [0.5, 0.6) is 5.75 Å². The van der Waals surface area contributed by atoms with E-state index in [4.69, 9.17) is 4.74 Å². The first-order valence-corrected chi connectivity index (χ1v) is 9.17. The van der Waals surface area contributed by atoms with E-state index in [2.05, 4.69) is 81.1 Å². The third-order valence-electron chi connectivity index (χ3n) is 4.20. The normalized spacial score (nSPS) is 20.9. The Hall–Kier alpha value is -1.53. The lowest BCUT2D eigenvalue weighted by Gasteiger charge is -2.35. The van der Waals surface area contributed by atoms with Crippen LogP contribution in [0.25, 0.3) is 0 Å². The monoisotopic (exact) mass is 313 g/mol. The van der Waals surface area contributed by atoms with E-state index in [0.29, 0.717) is 5.78 Å². The van der Waals surface area contributed by atoms with Crippen molar-refractivity contribution < 1.29 is 4.74 Å². The van der Waals surface area contributed by atoms with Crippen LogP contribution in [-0.2, 0) is 0 Å². The molecule has 0 saturated carbocycles. The molecule has 0 saturated heterocycles. The standard InChI is InChI=1S/C19H24NOP/c1-14-20(15-10-7-6-8-11-15)16-12-9-13-17(21-5)18(16)22(14)19(2,3)4/h6-14H,1-5H3. The molecule has 0 aliphatic carbocycles. The first-order valence-electron chi connectivity index (χ1n) is 7.76. The van der Waals surface area contributed by atoms with Crippen molar-refractivity contribution in [2.75, 3.05) is 12.0 Å². The molecule has 2 aromatic rings. The molecule has 0 N–H and O–H groups in total. The van der Waals surface area contributed by atoms with Crippen LogP contribution in [0, 0.1) is 0 Å². The number of nitrogens with zero attached hydrogens (tertiary/aromatic N) is 1. The topological polar surface area (TPSA) is 12.5 Å². The smallest absolute Gasteiger partial charge is 0.128 e. The average Bonchev–Trinajstić information content (AvgIpc) is 2.79. The number of rotatable bonds is 2. The number of hydrogen-bond acceptors (Lipinski definition) is 2. The Bertz CT molecular complexity index is 663. The maximum Gasteiger partial charge on any atom is 0.128 e. The molecule has 3 rings (SSSR count). The summed E-state index contributed by atoms with van der Waals surface area (Å²) < 4.78 is 5.70. The Balaban J connectivity index is 2.21. The van der Waals surface area contributed by atoms with E-state index in [9.17, 15) is 0 Å². The molecule has 2 aromatic carbocycles. The number of fused-ring (bicyclic) bond motifs is 1. The van der Waals surface area contributed by atoms with Crippen LogP contribution < -0.4 is 14.9 Å². The Kier molecular flexibility index (Phi) is 3.91. The number of benzene rings is 2. The fourth-order valence-corrected chi connectivity index (χ4v) is 6.94. The van der Waals surface area contributed by atoms with E-state index in [0.717, 1.165) is 5.75 Å². The van der Waals surface area contributed by atoms with Gasteiger partial charge in [-0.3, -0.25) is 0 Å². The molecule has 22 heavy (non-hydrogen) atoms. The molecule has 1 heterocycles. The Morgan fingerprint density at radius 2 is 1.68 bits per heavy atom. The SMILES string of the molecule is COc1cccc2c1P(C(C)(C)C)C(C)N2c1ccccc1. The van der Waals surface area contributed by atoms with Gasteiger partial charge in [0.05, 0.1) is 18.6 Å². The highest BCUT2D eigenvalue weighted by molar-refractivity contribution is 7.69. The van der Waals surface area contributed by atoms with Crippen molar-refractivity contribution in [1.82, 2.24) is 0 Å². The van der Waals surface area contributed by atoms with Gasteiger partial charge in [-0.05, 0) is 44.3 Å². The van der Waals surface area contributed by atoms with Gasteiger partial charge in [0.25, 0.3) is 0 Å². The fourth-order valence-electron chi connectivity index (χ4n) is 3.45. The van der Waals surface area contributed by atoms with Gasteiger partial charge in [-0.15, -0.1) is 0 Å². The summed E-state index contributed by atoms with van der Waals surface area (Å²) in [4.78, 5) is 2.48. The van der Waals surface area contributed by atoms with Crippen molar-refractivity contribution in [3.05, 3.63) is 48.5 Å². The lowest BCUT2D eigenvalue weighted by Crippen LogP contribution is -2.27. The molecular weight excluding hydrogens is 289 g/mol. The average molecular weight is 313 g/mol. The lowest BCUT2D eigenvalue weighted by molar-refractivity contribution is 0.418. The molecule has 0 fully saturated rings. The predicted molar refractivity (Wildman–Crippen MR) is 97.3 cm³/mol. The number of hydrogen-bond donors (Lipinski definition) is 0. The van der Waals surface area contributed by atoms with Crippen LogP contribution in [0.4, 0.5) is 11.4 Å². The molecule has 2 nitrogen and oxygen atoms in total. The van der Waals surface area contributed by atoms with Crippen LogP contribution in [0.2, 0.25) is 0 Å². The van der Waals surface area contributed by atoms with Gasteiger partial charge < -0.3 is 9.64 Å². The van der Waals surface area contributed by atoms with Gasteiger partial charge in [0, 0.05) is 11.0 Å². The third kappa shape index (κ3) is 2.40. The molecule has 0 aromatic heterocycles. The molecule has 0 amide bonds. The molecule has 2 atom stereocenters. The summed E-state index contributed by atoms with van der Waals surface area (Å²) >= 11 is 0. The summed E-state index contributed by atoms with van der Waals surface area (Å²) in [6.45, 7) is 9.39. The second kappa shape index (κ2) is 5.59. The van der Waals surface area contributed by atoms with E-state index in [1.165, 1.54) is 16.7 Å². The largest absolute Gasteiger partial charge is 0.496 e. The van der Waals surface area contributed by atoms with Crippen LogP contribution in [0.1, 0.15) is 27.7 Å². The summed E-state index contributed by atoms with van der Waals surface area (Å²) in [6.07, 6.45) is 0. The number of para-hydroxylation sites is 1. The molecule has 116 valence electrons. The van der Waals surface area contributed by atoms with Crippen LogP contribution >= 0.6 is 7.92 Å². The van der Waals surface area contributed by atoms with E-state index in [1.54, 1.807) is 7.11 Å². The van der Waals surface area contributed by atoms with Crippen molar-refractivity contribution in [3.63, 3.8) is 0 Å². The second-order valence-electron chi connectivity index (χ2n) is 6.71. The van der Waals surface area contributed by atoms with Gasteiger partial charge >= 0.3 is 0 Å². The van der Waals surface area contributed by atoms with Crippen molar-refractivity contribution in [2.45, 2.75) is 38.6 Å². The van der Waals surface area contributed by atoms with Gasteiger partial charge in [0.2, 0.25) is 0 Å². The Morgan fingerprint density at radius 1 is 1.00 bits per heavy atom. The van der Waals surface area contributed by atoms with Crippen LogP contribution in [0.15, 0.2) is 48.5 Å². The highest BCUT2D eigenvalue weighted by atomic mass is 31.1. The van der Waals surface area contributed by atoms with Gasteiger partial charge in [-0.1, -0.05) is 45.0 Å². The zero-order valence-electron chi connectivity index (χ0n) is 14.0. The van der Waals surface area contributed by atoms with Crippen molar-refractivity contribution in [3.8, 4) is 5.75 Å². The van der Waals surface area contributed by atoms with Crippen LogP contribution in [0.3, 0.4) is 0 Å². The highest BCUT2D eigenvalue weighted by Crippen LogP contribution is 2.62. The van der Waals surface area contributed by atoms with Gasteiger partial charge in [0.15, 0.2) is 0 Å². The van der Waals surface area contributed by atoms with Crippen molar-refractivity contribution >= 4 is 24.6 Å². The summed E-state index contributed by atoms with van der Waals surface area (Å²) in [7, 11) is 1.43. The minimum absolute atomic E-state index is 0.238. The van der Waals surface area contributed by atoms with Gasteiger partial charge in [0.1, 0.15) is 5.75 Å². The van der Waals surface area contributed by atoms with Gasteiger partial charge in [-0.25, -0.2) is 0 Å². The summed E-state index contributed by atoms with van der Waals surface area (Å²) in [5.74, 6) is 1.49. The molecule has 0 radical (unpaired) electrons. The van der Waals surface area contributed by atoms with Crippen molar-refractivity contribution in [2.24, 2.45) is 0 Å². The summed E-state index contributed by atoms with van der Waals surface area (Å²) in [5.41, 5.74) is 2.57. The zero-order chi connectivity index (χ0) is 15.9. The zero-order valence-corrected chi connectivity index (χ0v) is 14.9. The molecular formula is C19H24NOP. The third-order valence-corrected chi connectivity index (χ3v) is 7.56. The van der Waals surface area contributed by atoms with E-state index in [1.807, 2.05) is 0 Å². The summed E-state index contributed by atoms with van der Waals surface area (Å²) in [5, 5.41) is 1.64. The highest BCUT2D eigenvalue weighted by Gasteiger charge is 2.44. The van der Waals surface area contributed by atoms with E-state index >= 15 is 0 Å². The Labute approximate surface area is 134 Å². The lowest BCUT2D eigenvalue weighted by atomic mass is 10.2. The van der Waals surface area contributed by atoms with Crippen molar-refractivity contribution in [1.29, 1.82) is 0 Å². The second-order valence-corrected chi connectivity index (χ2v) is 9.98. The first-order chi connectivity index (χ1) is 10.4. The molecule has 1 aliphatic heterocycles. The maximum atomic E-state index is 5.70. The van der Waals surface area contributed by atoms with Crippen LogP contribution in [-0.4, -0.2) is 18.0 Å². The van der Waals surface area contributed by atoms with E-state index in [-0.39, 0.29) is 13.1 Å². The van der Waals surface area contributed by atoms with E-state index < -0.39 is 0 Å². The molecule has 1 aliphatic rings. The Morgan fingerprint density at radius 3 is 2.27 bits per heavy atom. The minimum atomic E-state index is -0.352. The molecule has 0 bridgehead atoms. The number of anilines is 2. The summed E-state index contributed by atoms with van der Waals surface area (Å²) in [6, 6.07) is 17.1. The fraction of sp³-hybridized carbons (Fsp3) is 0.368. The number of ether oxygens (including phenoxy) is 1. The quantitative estimate of drug-likeness (QED) is 0.715.